The topological polar surface area (TPSA) is 76.7 Å². The summed E-state index contributed by atoms with van der Waals surface area (Å²) in [5.74, 6) is -0.0526. The smallest absolute Gasteiger partial charge is 0.228 e. The van der Waals surface area contributed by atoms with E-state index in [-0.39, 0.29) is 28.6 Å². The zero-order valence-corrected chi connectivity index (χ0v) is 19.7. The Morgan fingerprint density at radius 1 is 0.971 bits per heavy atom. The van der Waals surface area contributed by atoms with Gasteiger partial charge in [-0.2, -0.15) is 0 Å². The highest BCUT2D eigenvalue weighted by molar-refractivity contribution is 6.11. The lowest BCUT2D eigenvalue weighted by Gasteiger charge is -2.29. The van der Waals surface area contributed by atoms with Crippen molar-refractivity contribution in [2.75, 3.05) is 0 Å². The van der Waals surface area contributed by atoms with Gasteiger partial charge in [0.05, 0.1) is 0 Å². The number of fused-ring (bicyclic) bond motifs is 2. The predicted octanol–water partition coefficient (Wildman–Crippen LogP) is 6.76. The summed E-state index contributed by atoms with van der Waals surface area (Å²) < 4.78 is 11.7. The van der Waals surface area contributed by atoms with Crippen LogP contribution >= 0.6 is 0 Å². The molecular formula is C30H24O5. The maximum Gasteiger partial charge on any atom is 0.228 e. The van der Waals surface area contributed by atoms with Crippen LogP contribution in [0.15, 0.2) is 77.2 Å². The average Bonchev–Trinajstić information content (AvgIpc) is 3.25. The maximum atomic E-state index is 13.0. The van der Waals surface area contributed by atoms with Crippen LogP contribution in [0.25, 0.3) is 23.1 Å². The van der Waals surface area contributed by atoms with E-state index in [2.05, 4.69) is 0 Å². The van der Waals surface area contributed by atoms with Crippen molar-refractivity contribution in [2.45, 2.75) is 26.4 Å². The highest BCUT2D eigenvalue weighted by atomic mass is 16.5. The minimum atomic E-state index is -0.584. The maximum absolute atomic E-state index is 13.0. The van der Waals surface area contributed by atoms with E-state index in [4.69, 9.17) is 9.15 Å². The van der Waals surface area contributed by atoms with Gasteiger partial charge in [0.25, 0.3) is 0 Å². The van der Waals surface area contributed by atoms with E-state index in [1.165, 1.54) is 12.1 Å². The van der Waals surface area contributed by atoms with E-state index < -0.39 is 5.60 Å². The standard InChI is InChI=1S/C30H24O5/c1-18-4-8-20(9-5-18)28(33)26-17-22-16-19(7-13-25(22)34-26)6-11-23(31)27-24(32)12-10-21-14-15-30(2,3)35-29(21)27/h4-17,32H,1-3H3/b11-6+. The van der Waals surface area contributed by atoms with Gasteiger partial charge in [-0.15, -0.1) is 0 Å². The second-order valence-corrected chi connectivity index (χ2v) is 9.22. The minimum absolute atomic E-state index is 0.131. The average molecular weight is 465 g/mol. The molecule has 0 fully saturated rings. The van der Waals surface area contributed by atoms with Gasteiger partial charge >= 0.3 is 0 Å². The Kier molecular flexibility index (Phi) is 5.40. The van der Waals surface area contributed by atoms with E-state index in [0.29, 0.717) is 16.9 Å². The summed E-state index contributed by atoms with van der Waals surface area (Å²) in [5.41, 5.74) is 3.27. The van der Waals surface area contributed by atoms with Gasteiger partial charge in [-0.05, 0) is 68.8 Å². The molecule has 0 unspecified atom stereocenters. The Balaban J connectivity index is 1.42. The normalized spacial score (nSPS) is 14.1. The number of phenolic OH excluding ortho intramolecular Hbond substituents is 1. The Labute approximate surface area is 203 Å². The first-order valence-electron chi connectivity index (χ1n) is 11.3. The number of aryl methyl sites for hydroxylation is 1. The number of carbonyl (C=O) groups excluding carboxylic acids is 2. The number of hydrogen-bond acceptors (Lipinski definition) is 5. The van der Waals surface area contributed by atoms with E-state index in [0.717, 1.165) is 22.1 Å². The van der Waals surface area contributed by atoms with Gasteiger partial charge in [-0.1, -0.05) is 48.0 Å². The molecule has 4 aromatic rings. The van der Waals surface area contributed by atoms with Crippen LogP contribution in [0, 0.1) is 6.92 Å². The molecule has 35 heavy (non-hydrogen) atoms. The number of carbonyl (C=O) groups is 2. The molecule has 0 spiro atoms. The lowest BCUT2D eigenvalue weighted by molar-refractivity contribution is 0.101. The van der Waals surface area contributed by atoms with Crippen LogP contribution < -0.4 is 4.74 Å². The Hall–Kier alpha value is -4.38. The van der Waals surface area contributed by atoms with Crippen LogP contribution in [0.1, 0.15) is 57.0 Å². The quantitative estimate of drug-likeness (QED) is 0.261. The molecule has 0 radical (unpaired) electrons. The van der Waals surface area contributed by atoms with Gasteiger partial charge in [0.15, 0.2) is 11.5 Å². The first kappa shape index (κ1) is 22.4. The van der Waals surface area contributed by atoms with Crippen molar-refractivity contribution in [3.8, 4) is 11.5 Å². The third-order valence-corrected chi connectivity index (χ3v) is 5.95. The lowest BCUT2D eigenvalue weighted by Crippen LogP contribution is -2.28. The van der Waals surface area contributed by atoms with Crippen molar-refractivity contribution in [3.05, 3.63) is 106 Å². The van der Waals surface area contributed by atoms with Crippen LogP contribution in [0.4, 0.5) is 0 Å². The molecule has 0 atom stereocenters. The van der Waals surface area contributed by atoms with Crippen LogP contribution in [0.2, 0.25) is 0 Å². The van der Waals surface area contributed by atoms with Gasteiger partial charge in [0.1, 0.15) is 28.2 Å². The molecule has 1 N–H and O–H groups in total. The first-order valence-corrected chi connectivity index (χ1v) is 11.3. The predicted molar refractivity (Wildman–Crippen MR) is 136 cm³/mol. The zero-order valence-electron chi connectivity index (χ0n) is 19.7. The van der Waals surface area contributed by atoms with Crippen LogP contribution in [-0.4, -0.2) is 22.3 Å². The lowest BCUT2D eigenvalue weighted by atomic mass is 9.97. The molecule has 0 aliphatic carbocycles. The highest BCUT2D eigenvalue weighted by Gasteiger charge is 2.27. The molecule has 174 valence electrons. The highest BCUT2D eigenvalue weighted by Crippen LogP contribution is 2.39. The monoisotopic (exact) mass is 464 g/mol. The molecule has 0 saturated carbocycles. The van der Waals surface area contributed by atoms with Crippen LogP contribution in [-0.2, 0) is 0 Å². The number of ether oxygens (including phenoxy) is 1. The second kappa shape index (κ2) is 8.44. The fraction of sp³-hybridized carbons (Fsp3) is 0.133. The molecule has 0 bridgehead atoms. The SMILES string of the molecule is Cc1ccc(C(=O)c2cc3cc(/C=C/C(=O)c4c(O)ccc5c4OC(C)(C)C=C5)ccc3o2)cc1. The number of benzene rings is 3. The van der Waals surface area contributed by atoms with Crippen molar-refractivity contribution >= 4 is 34.7 Å². The number of allylic oxidation sites excluding steroid dienone is 1. The van der Waals surface area contributed by atoms with Gasteiger partial charge in [-0.25, -0.2) is 0 Å². The molecular weight excluding hydrogens is 440 g/mol. The van der Waals surface area contributed by atoms with Crippen molar-refractivity contribution in [1.82, 2.24) is 0 Å². The number of furan rings is 1. The molecule has 0 amide bonds. The van der Waals surface area contributed by atoms with Gasteiger partial charge < -0.3 is 14.3 Å². The molecule has 5 heteroatoms. The summed E-state index contributed by atoms with van der Waals surface area (Å²) in [6.07, 6.45) is 6.87. The van der Waals surface area contributed by atoms with E-state index in [1.54, 1.807) is 42.5 Å². The van der Waals surface area contributed by atoms with Gasteiger partial charge in [0.2, 0.25) is 5.78 Å². The summed E-state index contributed by atoms with van der Waals surface area (Å²) >= 11 is 0. The van der Waals surface area contributed by atoms with Crippen molar-refractivity contribution in [3.63, 3.8) is 0 Å². The number of phenols is 1. The van der Waals surface area contributed by atoms with Crippen LogP contribution in [0.5, 0.6) is 11.5 Å². The third kappa shape index (κ3) is 4.41. The van der Waals surface area contributed by atoms with E-state index in [1.807, 2.05) is 51.1 Å². The Morgan fingerprint density at radius 3 is 2.51 bits per heavy atom. The molecule has 1 aromatic heterocycles. The molecule has 1 aliphatic heterocycles. The number of aromatic hydroxyl groups is 1. The fourth-order valence-corrected chi connectivity index (χ4v) is 4.04. The summed E-state index contributed by atoms with van der Waals surface area (Å²) in [6, 6.07) is 17.7. The zero-order chi connectivity index (χ0) is 24.7. The van der Waals surface area contributed by atoms with E-state index in [9.17, 15) is 14.7 Å². The third-order valence-electron chi connectivity index (χ3n) is 5.95. The number of rotatable bonds is 5. The second-order valence-electron chi connectivity index (χ2n) is 9.22. The Bertz CT molecular complexity index is 1530. The molecule has 0 saturated heterocycles. The van der Waals surface area contributed by atoms with Crippen molar-refractivity contribution in [2.24, 2.45) is 0 Å². The summed E-state index contributed by atoms with van der Waals surface area (Å²) in [5, 5.41) is 11.2. The fourth-order valence-electron chi connectivity index (χ4n) is 4.04. The summed E-state index contributed by atoms with van der Waals surface area (Å²) in [4.78, 5) is 25.8. The largest absolute Gasteiger partial charge is 0.507 e. The molecule has 1 aliphatic rings. The Morgan fingerprint density at radius 2 is 1.74 bits per heavy atom. The molecule has 2 heterocycles. The summed E-state index contributed by atoms with van der Waals surface area (Å²) in [7, 11) is 0. The van der Waals surface area contributed by atoms with Gasteiger partial charge in [0, 0.05) is 16.5 Å². The first-order chi connectivity index (χ1) is 16.7. The van der Waals surface area contributed by atoms with Crippen LogP contribution in [0.3, 0.4) is 0 Å². The molecule has 3 aromatic carbocycles. The van der Waals surface area contributed by atoms with E-state index >= 15 is 0 Å². The van der Waals surface area contributed by atoms with Crippen molar-refractivity contribution in [1.29, 1.82) is 0 Å². The minimum Gasteiger partial charge on any atom is -0.507 e. The molecule has 5 nitrogen and oxygen atoms in total. The summed E-state index contributed by atoms with van der Waals surface area (Å²) in [6.45, 7) is 5.74. The van der Waals surface area contributed by atoms with Gasteiger partial charge in [-0.3, -0.25) is 9.59 Å². The number of ketones is 2. The van der Waals surface area contributed by atoms with Crippen molar-refractivity contribution < 1.29 is 23.8 Å². The molecule has 5 rings (SSSR count). The number of hydrogen-bond donors (Lipinski definition) is 1.